The number of carboxylic acid groups (broad SMARTS) is 2. The third-order valence-electron chi connectivity index (χ3n) is 5.48. The molecule has 9 nitrogen and oxygen atoms in total. The largest absolute Gasteiger partial charge is 0.490 e. The Kier molecular flexibility index (Phi) is 7.66. The maximum Gasteiger partial charge on any atom is 0.490 e. The number of fused-ring (bicyclic) bond motifs is 2. The van der Waals surface area contributed by atoms with E-state index in [2.05, 4.69) is 10.4 Å². The van der Waals surface area contributed by atoms with Gasteiger partial charge in [0.05, 0.1) is 24.1 Å². The lowest BCUT2D eigenvalue weighted by atomic mass is 10.0. The fourth-order valence-corrected chi connectivity index (χ4v) is 3.65. The van der Waals surface area contributed by atoms with E-state index in [1.807, 2.05) is 50.4 Å². The third-order valence-corrected chi connectivity index (χ3v) is 5.48. The summed E-state index contributed by atoms with van der Waals surface area (Å²) in [6.07, 6.45) is -2.79. The summed E-state index contributed by atoms with van der Waals surface area (Å²) in [6, 6.07) is 13.2. The highest BCUT2D eigenvalue weighted by molar-refractivity contribution is 6.08. The van der Waals surface area contributed by atoms with Gasteiger partial charge in [0.25, 0.3) is 5.91 Å². The molecule has 2 heterocycles. The molecule has 0 spiro atoms. The molecule has 0 fully saturated rings. The van der Waals surface area contributed by atoms with Gasteiger partial charge >= 0.3 is 18.1 Å². The molecule has 0 bridgehead atoms. The number of aryl methyl sites for hydroxylation is 3. The Labute approximate surface area is 203 Å². The number of aromatic nitrogens is 2. The van der Waals surface area contributed by atoms with Crippen LogP contribution < -0.4 is 10.2 Å². The summed E-state index contributed by atoms with van der Waals surface area (Å²) in [7, 11) is 1.87. The molecule has 0 aliphatic carbocycles. The molecule has 190 valence electrons. The van der Waals surface area contributed by atoms with Gasteiger partial charge in [0.15, 0.2) is 0 Å². The number of alkyl halides is 3. The second kappa shape index (κ2) is 10.5. The molecule has 2 aromatic carbocycles. The number of nitrogens with zero attached hydrogens (tertiary/aromatic N) is 3. The molecule has 0 unspecified atom stereocenters. The quantitative estimate of drug-likeness (QED) is 0.484. The van der Waals surface area contributed by atoms with Crippen LogP contribution in [0.4, 0.5) is 30.4 Å². The molecule has 0 saturated carbocycles. The predicted molar refractivity (Wildman–Crippen MR) is 124 cm³/mol. The summed E-state index contributed by atoms with van der Waals surface area (Å²) in [6.45, 7) is 2.32. The number of nitrogens with one attached hydrogen (secondary N) is 1. The van der Waals surface area contributed by atoms with Gasteiger partial charge in [0.1, 0.15) is 5.82 Å². The molecule has 3 aromatic rings. The standard InChI is InChI=1S/C22H22N4O3.C2HF3O2/c1-14-11-16(8-7-15(14)9-10-20(27)28)22(29)26-13-17-12-23-25(2)21(17)24-18-5-3-4-6-19(18)26;3-2(4,5)1(6)7/h3-8,11-12,24H,9-10,13H2,1-2H3,(H,27,28);(H,6,7). The number of carboxylic acids is 2. The topological polar surface area (TPSA) is 125 Å². The van der Waals surface area contributed by atoms with E-state index in [4.69, 9.17) is 15.0 Å². The van der Waals surface area contributed by atoms with Crippen LogP contribution in [0.25, 0.3) is 0 Å². The first-order valence-corrected chi connectivity index (χ1v) is 10.7. The van der Waals surface area contributed by atoms with Crippen LogP contribution in [0, 0.1) is 6.92 Å². The normalized spacial score (nSPS) is 12.3. The number of anilines is 3. The number of benzene rings is 2. The van der Waals surface area contributed by atoms with E-state index >= 15 is 0 Å². The summed E-state index contributed by atoms with van der Waals surface area (Å²) >= 11 is 0. The lowest BCUT2D eigenvalue weighted by molar-refractivity contribution is -0.192. The number of amides is 1. The Morgan fingerprint density at radius 2 is 1.78 bits per heavy atom. The molecule has 1 aromatic heterocycles. The molecule has 3 N–H and O–H groups in total. The van der Waals surface area contributed by atoms with E-state index in [1.165, 1.54) is 0 Å². The van der Waals surface area contributed by atoms with E-state index in [0.717, 1.165) is 33.9 Å². The van der Waals surface area contributed by atoms with Crippen LogP contribution in [0.15, 0.2) is 48.7 Å². The third kappa shape index (κ3) is 6.01. The Morgan fingerprint density at radius 3 is 2.39 bits per heavy atom. The zero-order chi connectivity index (χ0) is 26.6. The summed E-state index contributed by atoms with van der Waals surface area (Å²) in [4.78, 5) is 34.9. The van der Waals surface area contributed by atoms with Crippen molar-refractivity contribution in [1.29, 1.82) is 0 Å². The van der Waals surface area contributed by atoms with E-state index in [9.17, 15) is 22.8 Å². The lowest BCUT2D eigenvalue weighted by Gasteiger charge is -2.23. The van der Waals surface area contributed by atoms with Crippen LogP contribution in [0.5, 0.6) is 0 Å². The first kappa shape index (κ1) is 26.3. The van der Waals surface area contributed by atoms with Crippen molar-refractivity contribution in [3.05, 3.63) is 70.9 Å². The summed E-state index contributed by atoms with van der Waals surface area (Å²) < 4.78 is 33.5. The van der Waals surface area contributed by atoms with Gasteiger partial charge in [-0.05, 0) is 48.7 Å². The minimum Gasteiger partial charge on any atom is -0.481 e. The zero-order valence-electron chi connectivity index (χ0n) is 19.3. The second-order valence-corrected chi connectivity index (χ2v) is 8.01. The Morgan fingerprint density at radius 1 is 1.11 bits per heavy atom. The van der Waals surface area contributed by atoms with Crippen LogP contribution in [0.2, 0.25) is 0 Å². The first-order valence-electron chi connectivity index (χ1n) is 10.7. The van der Waals surface area contributed by atoms with Gasteiger partial charge in [-0.15, -0.1) is 0 Å². The zero-order valence-corrected chi connectivity index (χ0v) is 19.3. The van der Waals surface area contributed by atoms with Gasteiger partial charge in [-0.25, -0.2) is 4.79 Å². The number of hydrogen-bond acceptors (Lipinski definition) is 5. The molecule has 0 radical (unpaired) electrons. The molecule has 1 aliphatic heterocycles. The molecule has 0 atom stereocenters. The second-order valence-electron chi connectivity index (χ2n) is 8.01. The van der Waals surface area contributed by atoms with E-state index in [0.29, 0.717) is 18.5 Å². The van der Waals surface area contributed by atoms with E-state index in [1.54, 1.807) is 21.8 Å². The molecule has 1 aliphatic rings. The molecule has 36 heavy (non-hydrogen) atoms. The number of carbonyl (C=O) groups excluding carboxylic acids is 1. The van der Waals surface area contributed by atoms with Crippen molar-refractivity contribution in [2.24, 2.45) is 7.05 Å². The minimum absolute atomic E-state index is 0.0725. The van der Waals surface area contributed by atoms with Crippen molar-refractivity contribution >= 4 is 35.0 Å². The van der Waals surface area contributed by atoms with E-state index in [-0.39, 0.29) is 12.3 Å². The smallest absolute Gasteiger partial charge is 0.481 e. The first-order chi connectivity index (χ1) is 16.9. The van der Waals surface area contributed by atoms with Crippen LogP contribution in [0.3, 0.4) is 0 Å². The highest BCUT2D eigenvalue weighted by atomic mass is 19.4. The summed E-state index contributed by atoms with van der Waals surface area (Å²) in [5.41, 5.74) is 5.02. The molecule has 4 rings (SSSR count). The summed E-state index contributed by atoms with van der Waals surface area (Å²) in [5.74, 6) is -2.82. The van der Waals surface area contributed by atoms with Crippen molar-refractivity contribution in [2.45, 2.75) is 32.5 Å². The number of hydrogen-bond donors (Lipinski definition) is 3. The van der Waals surface area contributed by atoms with Gasteiger partial charge in [-0.3, -0.25) is 14.3 Å². The highest BCUT2D eigenvalue weighted by Crippen LogP contribution is 2.36. The molecule has 12 heteroatoms. The van der Waals surface area contributed by atoms with Crippen LogP contribution in [-0.2, 0) is 29.6 Å². The number of carbonyl (C=O) groups is 3. The van der Waals surface area contributed by atoms with Gasteiger partial charge in [0, 0.05) is 24.6 Å². The molecule has 1 amide bonds. The average Bonchev–Trinajstić information content (AvgIpc) is 3.05. The lowest BCUT2D eigenvalue weighted by Crippen LogP contribution is -2.30. The molecule has 0 saturated heterocycles. The Balaban J connectivity index is 0.000000454. The average molecular weight is 504 g/mol. The molecular weight excluding hydrogens is 481 g/mol. The summed E-state index contributed by atoms with van der Waals surface area (Å²) in [5, 5.41) is 23.7. The SMILES string of the molecule is Cc1cc(C(=O)N2Cc3cnn(C)c3Nc3ccccc32)ccc1CCC(=O)O.O=C(O)C(F)(F)F. The number of aliphatic carboxylic acids is 2. The maximum absolute atomic E-state index is 13.4. The number of para-hydroxylation sites is 2. The fraction of sp³-hybridized carbons (Fsp3) is 0.250. The van der Waals surface area contributed by atoms with Crippen molar-refractivity contribution in [3.8, 4) is 0 Å². The van der Waals surface area contributed by atoms with E-state index < -0.39 is 18.1 Å². The fourth-order valence-electron chi connectivity index (χ4n) is 3.65. The maximum atomic E-state index is 13.4. The van der Waals surface area contributed by atoms with Crippen LogP contribution in [0.1, 0.15) is 33.5 Å². The van der Waals surface area contributed by atoms with Crippen LogP contribution >= 0.6 is 0 Å². The van der Waals surface area contributed by atoms with Crippen molar-refractivity contribution in [1.82, 2.24) is 9.78 Å². The van der Waals surface area contributed by atoms with Gasteiger partial charge in [-0.1, -0.05) is 18.2 Å². The number of rotatable bonds is 4. The van der Waals surface area contributed by atoms with Crippen LogP contribution in [-0.4, -0.2) is 44.0 Å². The van der Waals surface area contributed by atoms with Gasteiger partial charge in [0.2, 0.25) is 0 Å². The minimum atomic E-state index is -5.08. The van der Waals surface area contributed by atoms with Crippen molar-refractivity contribution in [2.75, 3.05) is 10.2 Å². The van der Waals surface area contributed by atoms with Gasteiger partial charge in [-0.2, -0.15) is 18.3 Å². The Bertz CT molecular complexity index is 1300. The Hall–Kier alpha value is -4.35. The number of halogens is 3. The predicted octanol–water partition coefficient (Wildman–Crippen LogP) is 4.28. The monoisotopic (exact) mass is 504 g/mol. The molecular formula is C24H23F3N4O5. The van der Waals surface area contributed by atoms with Crippen molar-refractivity contribution in [3.63, 3.8) is 0 Å². The van der Waals surface area contributed by atoms with Gasteiger partial charge < -0.3 is 20.4 Å². The van der Waals surface area contributed by atoms with Crippen molar-refractivity contribution < 1.29 is 37.8 Å². The highest BCUT2D eigenvalue weighted by Gasteiger charge is 2.38.